The maximum absolute atomic E-state index is 11.9. The number of rotatable bonds is 4. The van der Waals surface area contributed by atoms with E-state index in [9.17, 15) is 9.59 Å². The van der Waals surface area contributed by atoms with E-state index >= 15 is 0 Å². The highest BCUT2D eigenvalue weighted by Crippen LogP contribution is 2.18. The molecule has 0 bridgehead atoms. The summed E-state index contributed by atoms with van der Waals surface area (Å²) in [4.78, 5) is 27.7. The number of H-pyrrole nitrogens is 1. The third-order valence-electron chi connectivity index (χ3n) is 3.02. The number of aromatic amines is 1. The van der Waals surface area contributed by atoms with E-state index < -0.39 is 0 Å². The Hall–Kier alpha value is -2.44. The second-order valence-corrected chi connectivity index (χ2v) is 6.51. The quantitative estimate of drug-likeness (QED) is 0.801. The summed E-state index contributed by atoms with van der Waals surface area (Å²) in [5, 5.41) is 13.0. The Balaban J connectivity index is 1.90. The number of carbonyl (C=O) groups excluding carboxylic acids is 2. The molecule has 0 saturated carbocycles. The average Bonchev–Trinajstić information content (AvgIpc) is 2.76. The Kier molecular flexibility index (Phi) is 4.44. The lowest BCUT2D eigenvalue weighted by Crippen LogP contribution is -2.34. The molecule has 0 radical (unpaired) electrons. The molecule has 7 heteroatoms. The minimum absolute atomic E-state index is 0.0582. The molecule has 0 fully saturated rings. The van der Waals surface area contributed by atoms with Crippen LogP contribution in [0.2, 0.25) is 0 Å². The second-order valence-electron chi connectivity index (χ2n) is 6.51. The molecular formula is C15H21N5O2. The molecule has 7 nitrogen and oxygen atoms in total. The van der Waals surface area contributed by atoms with Crippen molar-refractivity contribution in [3.8, 4) is 0 Å². The van der Waals surface area contributed by atoms with Crippen LogP contribution >= 0.6 is 0 Å². The normalized spacial score (nSPS) is 11.5. The van der Waals surface area contributed by atoms with Gasteiger partial charge in [-0.25, -0.2) is 4.98 Å². The summed E-state index contributed by atoms with van der Waals surface area (Å²) < 4.78 is 0. The van der Waals surface area contributed by atoms with Gasteiger partial charge in [0, 0.05) is 17.5 Å². The summed E-state index contributed by atoms with van der Waals surface area (Å²) in [7, 11) is 0. The number of carbonyl (C=O) groups is 2. The lowest BCUT2D eigenvalue weighted by atomic mass is 9.92. The first kappa shape index (κ1) is 15.9. The average molecular weight is 303 g/mol. The van der Waals surface area contributed by atoms with E-state index in [0.717, 1.165) is 11.1 Å². The summed E-state index contributed by atoms with van der Waals surface area (Å²) in [6.45, 7) is 7.75. The molecular weight excluding hydrogens is 282 g/mol. The molecule has 2 amide bonds. The lowest BCUT2D eigenvalue weighted by Gasteiger charge is -2.17. The highest BCUT2D eigenvalue weighted by atomic mass is 16.2. The van der Waals surface area contributed by atoms with Crippen LogP contribution in [0.5, 0.6) is 0 Å². The first-order valence-corrected chi connectivity index (χ1v) is 7.12. The van der Waals surface area contributed by atoms with Crippen molar-refractivity contribution >= 4 is 28.5 Å². The van der Waals surface area contributed by atoms with E-state index in [-0.39, 0.29) is 23.8 Å². The fourth-order valence-corrected chi connectivity index (χ4v) is 2.02. The molecule has 2 heterocycles. The lowest BCUT2D eigenvalue weighted by molar-refractivity contribution is -0.125. The molecule has 0 aliphatic carbocycles. The summed E-state index contributed by atoms with van der Waals surface area (Å²) in [6.07, 6.45) is 1.92. The maximum atomic E-state index is 11.9. The van der Waals surface area contributed by atoms with Gasteiger partial charge in [-0.1, -0.05) is 20.8 Å². The molecule has 0 unspecified atom stereocenters. The van der Waals surface area contributed by atoms with E-state index in [0.29, 0.717) is 17.8 Å². The Morgan fingerprint density at radius 2 is 2.00 bits per heavy atom. The van der Waals surface area contributed by atoms with Gasteiger partial charge < -0.3 is 10.6 Å². The number of nitrogens with one attached hydrogen (secondary N) is 3. The molecule has 0 aliphatic rings. The molecule has 2 aromatic rings. The predicted molar refractivity (Wildman–Crippen MR) is 84.3 cm³/mol. The largest absolute Gasteiger partial charge is 0.347 e. The third-order valence-corrected chi connectivity index (χ3v) is 3.02. The Labute approximate surface area is 128 Å². The number of anilines is 1. The van der Waals surface area contributed by atoms with Crippen LogP contribution in [0.4, 0.5) is 5.69 Å². The van der Waals surface area contributed by atoms with Crippen LogP contribution in [0.1, 0.15) is 32.9 Å². The maximum Gasteiger partial charge on any atom is 0.243 e. The number of pyridine rings is 1. The highest BCUT2D eigenvalue weighted by molar-refractivity contribution is 5.96. The van der Waals surface area contributed by atoms with Crippen LogP contribution in [-0.2, 0) is 9.59 Å². The van der Waals surface area contributed by atoms with Crippen LogP contribution in [-0.4, -0.2) is 33.5 Å². The van der Waals surface area contributed by atoms with Crippen molar-refractivity contribution in [2.75, 3.05) is 11.9 Å². The summed E-state index contributed by atoms with van der Waals surface area (Å²) in [5.74, 6) is -0.425. The number of amides is 2. The molecule has 3 N–H and O–H groups in total. The molecule has 0 saturated heterocycles. The number of aryl methyl sites for hydroxylation is 1. The van der Waals surface area contributed by atoms with E-state index in [1.807, 2.05) is 27.7 Å². The van der Waals surface area contributed by atoms with Gasteiger partial charge >= 0.3 is 0 Å². The van der Waals surface area contributed by atoms with E-state index in [4.69, 9.17) is 0 Å². The summed E-state index contributed by atoms with van der Waals surface area (Å²) in [5.41, 5.74) is 1.96. The fourth-order valence-electron chi connectivity index (χ4n) is 2.02. The molecule has 0 spiro atoms. The van der Waals surface area contributed by atoms with Gasteiger partial charge in [0.1, 0.15) is 0 Å². The minimum atomic E-state index is -0.287. The smallest absolute Gasteiger partial charge is 0.243 e. The van der Waals surface area contributed by atoms with Gasteiger partial charge in [-0.3, -0.25) is 14.7 Å². The van der Waals surface area contributed by atoms with Crippen molar-refractivity contribution in [3.05, 3.63) is 18.0 Å². The first-order chi connectivity index (χ1) is 10.2. The molecule has 0 aliphatic heterocycles. The Morgan fingerprint density at radius 3 is 2.68 bits per heavy atom. The molecule has 118 valence electrons. The number of nitrogens with zero attached hydrogens (tertiary/aromatic N) is 2. The van der Waals surface area contributed by atoms with Crippen molar-refractivity contribution in [1.82, 2.24) is 20.5 Å². The Morgan fingerprint density at radius 1 is 1.27 bits per heavy atom. The van der Waals surface area contributed by atoms with Crippen LogP contribution in [0.15, 0.2) is 12.3 Å². The van der Waals surface area contributed by atoms with Gasteiger partial charge in [-0.15, -0.1) is 0 Å². The van der Waals surface area contributed by atoms with Crippen molar-refractivity contribution < 1.29 is 9.59 Å². The van der Waals surface area contributed by atoms with Gasteiger partial charge in [0.25, 0.3) is 0 Å². The van der Waals surface area contributed by atoms with Crippen molar-refractivity contribution in [2.45, 2.75) is 34.1 Å². The zero-order valence-corrected chi connectivity index (χ0v) is 13.3. The standard InChI is InChI=1S/C15H21N5O2/c1-9-11-5-10(7-17-14(11)20-19-9)18-13(22)8-16-12(21)6-15(2,3)4/h5,7H,6,8H2,1-4H3,(H,16,21)(H,18,22)(H,17,19,20). The second kappa shape index (κ2) is 6.13. The summed E-state index contributed by atoms with van der Waals surface area (Å²) >= 11 is 0. The van der Waals surface area contributed by atoms with Crippen molar-refractivity contribution in [3.63, 3.8) is 0 Å². The molecule has 2 aromatic heterocycles. The number of aromatic nitrogens is 3. The van der Waals surface area contributed by atoms with E-state index in [2.05, 4.69) is 25.8 Å². The first-order valence-electron chi connectivity index (χ1n) is 7.12. The van der Waals surface area contributed by atoms with Crippen LogP contribution < -0.4 is 10.6 Å². The minimum Gasteiger partial charge on any atom is -0.347 e. The fraction of sp³-hybridized carbons (Fsp3) is 0.467. The van der Waals surface area contributed by atoms with Crippen LogP contribution in [0.25, 0.3) is 11.0 Å². The predicted octanol–water partition coefficient (Wildman–Crippen LogP) is 1.76. The van der Waals surface area contributed by atoms with Gasteiger partial charge in [-0.05, 0) is 18.4 Å². The van der Waals surface area contributed by atoms with Crippen molar-refractivity contribution in [1.29, 1.82) is 0 Å². The van der Waals surface area contributed by atoms with Gasteiger partial charge in [0.2, 0.25) is 11.8 Å². The monoisotopic (exact) mass is 303 g/mol. The summed E-state index contributed by atoms with van der Waals surface area (Å²) in [6, 6.07) is 1.80. The third kappa shape index (κ3) is 4.28. The number of hydrogen-bond acceptors (Lipinski definition) is 4. The zero-order valence-electron chi connectivity index (χ0n) is 13.3. The SMILES string of the molecule is Cc1[nH]nc2ncc(NC(=O)CNC(=O)CC(C)(C)C)cc12. The number of fused-ring (bicyclic) bond motifs is 1. The topological polar surface area (TPSA) is 99.8 Å². The van der Waals surface area contributed by atoms with Crippen molar-refractivity contribution in [2.24, 2.45) is 5.41 Å². The van der Waals surface area contributed by atoms with Crippen LogP contribution in [0.3, 0.4) is 0 Å². The van der Waals surface area contributed by atoms with Crippen LogP contribution in [0, 0.1) is 12.3 Å². The molecule has 2 rings (SSSR count). The van der Waals surface area contributed by atoms with Gasteiger partial charge in [-0.2, -0.15) is 5.10 Å². The highest BCUT2D eigenvalue weighted by Gasteiger charge is 2.16. The van der Waals surface area contributed by atoms with Gasteiger partial charge in [0.15, 0.2) is 5.65 Å². The Bertz CT molecular complexity index is 700. The van der Waals surface area contributed by atoms with Gasteiger partial charge in [0.05, 0.1) is 18.4 Å². The van der Waals surface area contributed by atoms with E-state index in [1.165, 1.54) is 6.20 Å². The zero-order chi connectivity index (χ0) is 16.3. The molecule has 22 heavy (non-hydrogen) atoms. The molecule has 0 aromatic carbocycles. The molecule has 0 atom stereocenters. The van der Waals surface area contributed by atoms with E-state index in [1.54, 1.807) is 6.07 Å². The number of hydrogen-bond donors (Lipinski definition) is 3.